The van der Waals surface area contributed by atoms with Crippen molar-refractivity contribution in [2.24, 2.45) is 10.9 Å². The number of aliphatic imine (C=N–C) groups is 1. The van der Waals surface area contributed by atoms with Crippen LogP contribution in [-0.4, -0.2) is 23.5 Å². The molecule has 1 aliphatic rings. The van der Waals surface area contributed by atoms with Gasteiger partial charge in [-0.05, 0) is 45.4 Å². The minimum Gasteiger partial charge on any atom is -0.357 e. The van der Waals surface area contributed by atoms with Crippen LogP contribution in [0, 0.1) is 12.8 Å². The Balaban J connectivity index is 1.86. The van der Waals surface area contributed by atoms with Crippen molar-refractivity contribution in [3.63, 3.8) is 0 Å². The summed E-state index contributed by atoms with van der Waals surface area (Å²) in [5, 5.41) is 8.02. The van der Waals surface area contributed by atoms with E-state index in [1.165, 1.54) is 37.0 Å². The normalized spacial score (nSPS) is 23.1. The smallest absolute Gasteiger partial charge is 0.191 e. The summed E-state index contributed by atoms with van der Waals surface area (Å²) in [6.45, 7) is 8.06. The van der Waals surface area contributed by atoms with E-state index < -0.39 is 0 Å². The lowest BCUT2D eigenvalue weighted by Crippen LogP contribution is -2.44. The quantitative estimate of drug-likeness (QED) is 0.647. The summed E-state index contributed by atoms with van der Waals surface area (Å²) in [6.07, 6.45) is 8.46. The molecular formula is C16H28N4S. The van der Waals surface area contributed by atoms with Crippen LogP contribution >= 0.6 is 11.3 Å². The highest BCUT2D eigenvalue weighted by molar-refractivity contribution is 7.11. The number of rotatable bonds is 5. The van der Waals surface area contributed by atoms with Gasteiger partial charge in [0.25, 0.3) is 0 Å². The Morgan fingerprint density at radius 2 is 2.10 bits per heavy atom. The fourth-order valence-electron chi connectivity index (χ4n) is 2.85. The van der Waals surface area contributed by atoms with E-state index in [-0.39, 0.29) is 0 Å². The molecule has 1 saturated carbocycles. The van der Waals surface area contributed by atoms with Crippen molar-refractivity contribution >= 4 is 17.3 Å². The molecule has 0 radical (unpaired) electrons. The summed E-state index contributed by atoms with van der Waals surface area (Å²) < 4.78 is 0. The highest BCUT2D eigenvalue weighted by Gasteiger charge is 2.20. The summed E-state index contributed by atoms with van der Waals surface area (Å²) in [5.74, 6) is 1.87. The van der Waals surface area contributed by atoms with Crippen LogP contribution < -0.4 is 10.6 Å². The monoisotopic (exact) mass is 308 g/mol. The van der Waals surface area contributed by atoms with Gasteiger partial charge in [-0.1, -0.05) is 13.3 Å². The minimum atomic E-state index is 0.573. The van der Waals surface area contributed by atoms with Gasteiger partial charge in [0, 0.05) is 23.7 Å². The number of hydrogen-bond donors (Lipinski definition) is 2. The SMILES string of the molecule is CCNC(=NCc1ncc(C)s1)NC1CCC(CC)CC1. The van der Waals surface area contributed by atoms with Crippen LogP contribution in [0.2, 0.25) is 0 Å². The molecule has 1 aromatic rings. The molecule has 0 atom stereocenters. The number of nitrogens with zero attached hydrogens (tertiary/aromatic N) is 2. The molecular weight excluding hydrogens is 280 g/mol. The molecule has 21 heavy (non-hydrogen) atoms. The molecule has 2 rings (SSSR count). The third kappa shape index (κ3) is 5.30. The average molecular weight is 308 g/mol. The molecule has 1 fully saturated rings. The predicted molar refractivity (Wildman–Crippen MR) is 90.8 cm³/mol. The van der Waals surface area contributed by atoms with Gasteiger partial charge >= 0.3 is 0 Å². The second-order valence-electron chi connectivity index (χ2n) is 5.83. The number of aryl methyl sites for hydroxylation is 1. The van der Waals surface area contributed by atoms with Crippen molar-refractivity contribution in [1.82, 2.24) is 15.6 Å². The Kier molecular flexibility index (Phi) is 6.49. The van der Waals surface area contributed by atoms with Gasteiger partial charge in [0.1, 0.15) is 5.01 Å². The van der Waals surface area contributed by atoms with Crippen molar-refractivity contribution < 1.29 is 0 Å². The van der Waals surface area contributed by atoms with Crippen LogP contribution in [0.5, 0.6) is 0 Å². The number of nitrogens with one attached hydrogen (secondary N) is 2. The highest BCUT2D eigenvalue weighted by Crippen LogP contribution is 2.26. The summed E-state index contributed by atoms with van der Waals surface area (Å²) >= 11 is 1.72. The van der Waals surface area contributed by atoms with Gasteiger partial charge in [0.2, 0.25) is 0 Å². The number of hydrogen-bond acceptors (Lipinski definition) is 3. The second-order valence-corrected chi connectivity index (χ2v) is 7.15. The molecule has 0 bridgehead atoms. The molecule has 4 nitrogen and oxygen atoms in total. The first-order valence-corrected chi connectivity index (χ1v) is 8.99. The molecule has 0 aromatic carbocycles. The van der Waals surface area contributed by atoms with Gasteiger partial charge in [-0.25, -0.2) is 9.98 Å². The number of thiazole rings is 1. The van der Waals surface area contributed by atoms with E-state index in [9.17, 15) is 0 Å². The topological polar surface area (TPSA) is 49.3 Å². The molecule has 1 heterocycles. The maximum absolute atomic E-state index is 4.67. The minimum absolute atomic E-state index is 0.573. The fraction of sp³-hybridized carbons (Fsp3) is 0.750. The van der Waals surface area contributed by atoms with Crippen molar-refractivity contribution in [2.45, 2.75) is 65.5 Å². The van der Waals surface area contributed by atoms with Gasteiger partial charge in [-0.3, -0.25) is 0 Å². The molecule has 0 unspecified atom stereocenters. The zero-order chi connectivity index (χ0) is 15.1. The summed E-state index contributed by atoms with van der Waals surface area (Å²) in [4.78, 5) is 10.3. The highest BCUT2D eigenvalue weighted by atomic mass is 32.1. The zero-order valence-corrected chi connectivity index (χ0v) is 14.3. The van der Waals surface area contributed by atoms with Gasteiger partial charge < -0.3 is 10.6 Å². The lowest BCUT2D eigenvalue weighted by molar-refractivity contribution is 0.304. The van der Waals surface area contributed by atoms with Crippen molar-refractivity contribution in [2.75, 3.05) is 6.54 Å². The van der Waals surface area contributed by atoms with Gasteiger partial charge in [-0.15, -0.1) is 11.3 Å². The van der Waals surface area contributed by atoms with Gasteiger partial charge in [0.15, 0.2) is 5.96 Å². The van der Waals surface area contributed by atoms with Crippen molar-refractivity contribution in [3.05, 3.63) is 16.1 Å². The zero-order valence-electron chi connectivity index (χ0n) is 13.5. The Morgan fingerprint density at radius 1 is 1.33 bits per heavy atom. The lowest BCUT2D eigenvalue weighted by atomic mass is 9.84. The van der Waals surface area contributed by atoms with E-state index in [0.717, 1.165) is 23.4 Å². The summed E-state index contributed by atoms with van der Waals surface area (Å²) in [7, 11) is 0. The second kappa shape index (κ2) is 8.37. The number of aromatic nitrogens is 1. The van der Waals surface area contributed by atoms with Crippen molar-refractivity contribution in [3.8, 4) is 0 Å². The van der Waals surface area contributed by atoms with E-state index >= 15 is 0 Å². The molecule has 0 aliphatic heterocycles. The Bertz CT molecular complexity index is 447. The average Bonchev–Trinajstić information content (AvgIpc) is 2.91. The standard InChI is InChI=1S/C16H28N4S/c1-4-13-6-8-14(9-7-13)20-16(17-5-2)19-11-15-18-10-12(3)21-15/h10,13-14H,4-9,11H2,1-3H3,(H2,17,19,20). The first kappa shape index (κ1) is 16.3. The van der Waals surface area contributed by atoms with E-state index in [1.54, 1.807) is 11.3 Å². The molecule has 118 valence electrons. The Morgan fingerprint density at radius 3 is 2.67 bits per heavy atom. The van der Waals surface area contributed by atoms with Crippen LogP contribution in [0.4, 0.5) is 0 Å². The van der Waals surface area contributed by atoms with Crippen LogP contribution in [0.15, 0.2) is 11.2 Å². The largest absolute Gasteiger partial charge is 0.357 e. The molecule has 1 aromatic heterocycles. The van der Waals surface area contributed by atoms with E-state index in [1.807, 2.05) is 6.20 Å². The Labute approximate surface area is 132 Å². The lowest BCUT2D eigenvalue weighted by Gasteiger charge is -2.29. The predicted octanol–water partition coefficient (Wildman–Crippen LogP) is 3.48. The Hall–Kier alpha value is -1.10. The van der Waals surface area contributed by atoms with Crippen LogP contribution in [0.1, 0.15) is 55.8 Å². The summed E-state index contributed by atoms with van der Waals surface area (Å²) in [5.41, 5.74) is 0. The van der Waals surface area contributed by atoms with E-state index in [4.69, 9.17) is 0 Å². The fourth-order valence-corrected chi connectivity index (χ4v) is 3.56. The maximum atomic E-state index is 4.67. The molecule has 0 saturated heterocycles. The number of guanidine groups is 1. The van der Waals surface area contributed by atoms with Crippen LogP contribution in [-0.2, 0) is 6.54 Å². The van der Waals surface area contributed by atoms with E-state index in [2.05, 4.69) is 41.4 Å². The third-order valence-electron chi connectivity index (χ3n) is 4.15. The van der Waals surface area contributed by atoms with E-state index in [0.29, 0.717) is 12.6 Å². The maximum Gasteiger partial charge on any atom is 0.191 e. The van der Waals surface area contributed by atoms with Crippen LogP contribution in [0.25, 0.3) is 0 Å². The molecule has 0 spiro atoms. The first-order valence-electron chi connectivity index (χ1n) is 8.17. The molecule has 0 amide bonds. The molecule has 1 aliphatic carbocycles. The first-order chi connectivity index (χ1) is 10.2. The van der Waals surface area contributed by atoms with Crippen molar-refractivity contribution in [1.29, 1.82) is 0 Å². The molecule has 5 heteroatoms. The molecule has 2 N–H and O–H groups in total. The van der Waals surface area contributed by atoms with Gasteiger partial charge in [0.05, 0.1) is 6.54 Å². The van der Waals surface area contributed by atoms with Gasteiger partial charge in [-0.2, -0.15) is 0 Å². The van der Waals surface area contributed by atoms with Crippen LogP contribution in [0.3, 0.4) is 0 Å². The third-order valence-corrected chi connectivity index (χ3v) is 5.05. The summed E-state index contributed by atoms with van der Waals surface area (Å²) in [6, 6.07) is 0.573.